The van der Waals surface area contributed by atoms with Gasteiger partial charge in [-0.1, -0.05) is 40.8 Å². The number of H-pyrrole nitrogens is 1. The molecule has 2 aromatic rings. The fourth-order valence-corrected chi connectivity index (χ4v) is 2.07. The Morgan fingerprint density at radius 1 is 1.47 bits per heavy atom. The number of para-hydroxylation sites is 1. The van der Waals surface area contributed by atoms with E-state index in [0.717, 1.165) is 11.1 Å². The van der Waals surface area contributed by atoms with E-state index >= 15 is 0 Å². The number of amides is 1. The quantitative estimate of drug-likeness (QED) is 0.661. The van der Waals surface area contributed by atoms with Crippen LogP contribution in [0.4, 0.5) is 0 Å². The number of fused-ring (bicyclic) bond motifs is 1. The molecule has 0 aliphatic heterocycles. The van der Waals surface area contributed by atoms with Crippen molar-refractivity contribution in [3.8, 4) is 0 Å². The maximum atomic E-state index is 11.0. The second-order valence-corrected chi connectivity index (χ2v) is 4.94. The van der Waals surface area contributed by atoms with E-state index in [-0.39, 0.29) is 9.83 Å². The Labute approximate surface area is 101 Å². The highest BCUT2D eigenvalue weighted by molar-refractivity contribution is 14.1. The molecule has 78 valence electrons. The molecule has 0 aliphatic rings. The molecule has 2 rings (SSSR count). The van der Waals surface area contributed by atoms with E-state index in [1.807, 2.05) is 30.5 Å². The molecule has 1 aromatic heterocycles. The number of rotatable bonds is 3. The number of halogens is 1. The van der Waals surface area contributed by atoms with Crippen LogP contribution in [0, 0.1) is 0 Å². The normalized spacial score (nSPS) is 12.9. The second kappa shape index (κ2) is 4.22. The molecule has 3 N–H and O–H groups in total. The summed E-state index contributed by atoms with van der Waals surface area (Å²) in [6.45, 7) is 0. The zero-order chi connectivity index (χ0) is 10.8. The molecule has 4 heteroatoms. The van der Waals surface area contributed by atoms with Gasteiger partial charge in [-0.2, -0.15) is 0 Å². The lowest BCUT2D eigenvalue weighted by Gasteiger charge is -2.03. The Hall–Kier alpha value is -1.04. The number of nitrogens with two attached hydrogens (primary N) is 1. The topological polar surface area (TPSA) is 58.9 Å². The molecule has 0 fully saturated rings. The van der Waals surface area contributed by atoms with Gasteiger partial charge in [0.1, 0.15) is 0 Å². The van der Waals surface area contributed by atoms with Crippen LogP contribution in [0.2, 0.25) is 0 Å². The Morgan fingerprint density at radius 3 is 2.93 bits per heavy atom. The highest BCUT2D eigenvalue weighted by Crippen LogP contribution is 2.20. The highest BCUT2D eigenvalue weighted by Gasteiger charge is 2.13. The van der Waals surface area contributed by atoms with Crippen LogP contribution in [0.25, 0.3) is 10.9 Å². The summed E-state index contributed by atoms with van der Waals surface area (Å²) >= 11 is 2.08. The third-order valence-electron chi connectivity index (χ3n) is 2.38. The molecular formula is C11H11IN2O. The van der Waals surface area contributed by atoms with Gasteiger partial charge in [0.25, 0.3) is 0 Å². The molecule has 0 spiro atoms. The van der Waals surface area contributed by atoms with Crippen LogP contribution in [0.15, 0.2) is 30.5 Å². The summed E-state index contributed by atoms with van der Waals surface area (Å²) < 4.78 is -0.151. The van der Waals surface area contributed by atoms with Gasteiger partial charge in [0, 0.05) is 17.1 Å². The number of nitrogens with one attached hydrogen (secondary N) is 1. The minimum absolute atomic E-state index is 0.151. The first-order valence-corrected chi connectivity index (χ1v) is 5.91. The number of aromatic nitrogens is 1. The number of carbonyl (C=O) groups excluding carboxylic acids is 1. The average Bonchev–Trinajstić information content (AvgIpc) is 2.62. The van der Waals surface area contributed by atoms with Crippen molar-refractivity contribution in [1.82, 2.24) is 4.98 Å². The summed E-state index contributed by atoms with van der Waals surface area (Å²) in [5.74, 6) is -0.263. The Balaban J connectivity index is 2.32. The summed E-state index contributed by atoms with van der Waals surface area (Å²) in [6, 6.07) is 8.04. The van der Waals surface area contributed by atoms with E-state index in [1.54, 1.807) is 0 Å². The van der Waals surface area contributed by atoms with Crippen molar-refractivity contribution in [2.45, 2.75) is 10.3 Å². The van der Waals surface area contributed by atoms with E-state index in [1.165, 1.54) is 5.39 Å². The van der Waals surface area contributed by atoms with Gasteiger partial charge >= 0.3 is 0 Å². The van der Waals surface area contributed by atoms with E-state index in [2.05, 4.69) is 27.6 Å². The first-order chi connectivity index (χ1) is 7.18. The van der Waals surface area contributed by atoms with Crippen molar-refractivity contribution in [1.29, 1.82) is 0 Å². The van der Waals surface area contributed by atoms with Crippen LogP contribution in [0.1, 0.15) is 5.56 Å². The molecule has 1 amide bonds. The number of aromatic amines is 1. The molecular weight excluding hydrogens is 303 g/mol. The predicted molar refractivity (Wildman–Crippen MR) is 69.0 cm³/mol. The van der Waals surface area contributed by atoms with Crippen molar-refractivity contribution in [2.24, 2.45) is 5.73 Å². The van der Waals surface area contributed by atoms with E-state index < -0.39 is 0 Å². The maximum absolute atomic E-state index is 11.0. The second-order valence-electron chi connectivity index (χ2n) is 3.43. The smallest absolute Gasteiger partial charge is 0.230 e. The number of alkyl halides is 1. The summed E-state index contributed by atoms with van der Waals surface area (Å²) in [5, 5.41) is 1.17. The molecule has 0 radical (unpaired) electrons. The lowest BCUT2D eigenvalue weighted by atomic mass is 10.1. The van der Waals surface area contributed by atoms with Crippen molar-refractivity contribution < 1.29 is 4.79 Å². The summed E-state index contributed by atoms with van der Waals surface area (Å²) in [4.78, 5) is 14.1. The number of hydrogen-bond donors (Lipinski definition) is 2. The Kier molecular flexibility index (Phi) is 2.95. The van der Waals surface area contributed by atoms with Crippen molar-refractivity contribution in [3.05, 3.63) is 36.0 Å². The lowest BCUT2D eigenvalue weighted by Crippen LogP contribution is -2.24. The van der Waals surface area contributed by atoms with Crippen molar-refractivity contribution in [3.63, 3.8) is 0 Å². The SMILES string of the molecule is NC(=O)C(I)Cc1c[nH]c2ccccc12. The molecule has 15 heavy (non-hydrogen) atoms. The highest BCUT2D eigenvalue weighted by atomic mass is 127. The van der Waals surface area contributed by atoms with E-state index in [0.29, 0.717) is 6.42 Å². The van der Waals surface area contributed by atoms with Crippen molar-refractivity contribution in [2.75, 3.05) is 0 Å². The number of hydrogen-bond acceptors (Lipinski definition) is 1. The van der Waals surface area contributed by atoms with Gasteiger partial charge in [-0.3, -0.25) is 4.79 Å². The third kappa shape index (κ3) is 2.14. The molecule has 1 unspecified atom stereocenters. The first kappa shape index (κ1) is 10.5. The minimum atomic E-state index is -0.263. The molecule has 1 heterocycles. The standard InChI is InChI=1S/C11H11IN2O/c12-9(11(13)15)5-7-6-14-10-4-2-1-3-8(7)10/h1-4,6,9,14H,5H2,(H2,13,15). The summed E-state index contributed by atoms with van der Waals surface area (Å²) in [6.07, 6.45) is 2.62. The molecule has 0 bridgehead atoms. The van der Waals surface area contributed by atoms with Gasteiger partial charge in [0.05, 0.1) is 3.92 Å². The molecule has 1 atom stereocenters. The lowest BCUT2D eigenvalue weighted by molar-refractivity contribution is -0.117. The Morgan fingerprint density at radius 2 is 2.20 bits per heavy atom. The van der Waals surface area contributed by atoms with Gasteiger partial charge in [-0.05, 0) is 18.1 Å². The molecule has 0 saturated heterocycles. The monoisotopic (exact) mass is 314 g/mol. The van der Waals surface area contributed by atoms with E-state index in [9.17, 15) is 4.79 Å². The molecule has 0 aliphatic carbocycles. The van der Waals surface area contributed by atoms with Crippen LogP contribution in [-0.4, -0.2) is 14.8 Å². The fourth-order valence-electron chi connectivity index (χ4n) is 1.59. The van der Waals surface area contributed by atoms with Crippen LogP contribution in [0.3, 0.4) is 0 Å². The van der Waals surface area contributed by atoms with Crippen molar-refractivity contribution >= 4 is 39.4 Å². The Bertz CT molecular complexity index is 492. The first-order valence-electron chi connectivity index (χ1n) is 4.67. The molecule has 1 aromatic carbocycles. The zero-order valence-electron chi connectivity index (χ0n) is 8.03. The molecule has 3 nitrogen and oxygen atoms in total. The largest absolute Gasteiger partial charge is 0.369 e. The summed E-state index contributed by atoms with van der Waals surface area (Å²) in [7, 11) is 0. The zero-order valence-corrected chi connectivity index (χ0v) is 10.2. The number of benzene rings is 1. The summed E-state index contributed by atoms with van der Waals surface area (Å²) in [5.41, 5.74) is 7.48. The van der Waals surface area contributed by atoms with Gasteiger partial charge in [-0.25, -0.2) is 0 Å². The molecule has 0 saturated carbocycles. The van der Waals surface area contributed by atoms with Gasteiger partial charge < -0.3 is 10.7 Å². The maximum Gasteiger partial charge on any atom is 0.230 e. The van der Waals surface area contributed by atoms with Gasteiger partial charge in [0.15, 0.2) is 0 Å². The number of primary amides is 1. The van der Waals surface area contributed by atoms with Crippen LogP contribution in [0.5, 0.6) is 0 Å². The predicted octanol–water partition coefficient (Wildman–Crippen LogP) is 2.00. The van der Waals surface area contributed by atoms with Gasteiger partial charge in [-0.15, -0.1) is 0 Å². The van der Waals surface area contributed by atoms with Crippen LogP contribution < -0.4 is 5.73 Å². The van der Waals surface area contributed by atoms with Crippen LogP contribution in [-0.2, 0) is 11.2 Å². The third-order valence-corrected chi connectivity index (χ3v) is 3.44. The van der Waals surface area contributed by atoms with Gasteiger partial charge in [0.2, 0.25) is 5.91 Å². The van der Waals surface area contributed by atoms with E-state index in [4.69, 9.17) is 5.73 Å². The van der Waals surface area contributed by atoms with Crippen LogP contribution >= 0.6 is 22.6 Å². The number of carbonyl (C=O) groups is 1. The average molecular weight is 314 g/mol. The minimum Gasteiger partial charge on any atom is -0.369 e. The fraction of sp³-hybridized carbons (Fsp3) is 0.182.